The van der Waals surface area contributed by atoms with Crippen molar-refractivity contribution in [2.45, 2.75) is 12.3 Å². The fourth-order valence-corrected chi connectivity index (χ4v) is 6.57. The van der Waals surface area contributed by atoms with Crippen molar-refractivity contribution in [3.63, 3.8) is 0 Å². The van der Waals surface area contributed by atoms with Gasteiger partial charge in [0.25, 0.3) is 0 Å². The van der Waals surface area contributed by atoms with Gasteiger partial charge in [-0.05, 0) is 105 Å². The molecule has 52 heavy (non-hydrogen) atoms. The summed E-state index contributed by atoms with van der Waals surface area (Å²) in [6.07, 6.45) is 0. The highest BCUT2D eigenvalue weighted by atomic mass is 16.3. The molecule has 1 atom stereocenters. The summed E-state index contributed by atoms with van der Waals surface area (Å²) in [4.78, 5) is 0.829. The smallest absolute Gasteiger partial charge is 0.135 e. The Bertz CT molecular complexity index is 4180. The molecule has 2 heteroatoms. The summed E-state index contributed by atoms with van der Waals surface area (Å²) in [5.74, 6) is 0. The molecule has 0 saturated heterocycles. The molecular weight excluding hydrogens is 631 g/mol. The van der Waals surface area contributed by atoms with Gasteiger partial charge in [-0.25, -0.2) is 0 Å². The quantitative estimate of drug-likeness (QED) is 0.173. The Balaban J connectivity index is 1.30. The molecule has 0 aliphatic heterocycles. The molecule has 0 bridgehead atoms. The van der Waals surface area contributed by atoms with Crippen molar-refractivity contribution in [2.24, 2.45) is 0 Å². The highest BCUT2D eigenvalue weighted by Gasteiger charge is 2.40. The maximum absolute atomic E-state index is 9.68. The molecule has 1 aliphatic carbocycles. The van der Waals surface area contributed by atoms with E-state index in [1.54, 1.807) is 0 Å². The SMILES string of the molecule is [2H]c1cc([2H])c([2H])c(-c2c([2H])c([2H])c([2H])c(N(c3cc([2H])c(-c4c([2H])c([2H])c([2H])c([2H])c4[2H])c([2H])c3[2H])c3cc4c(oc5cc(C6(C)c7c([2H])cc([2H])c([2H])c7-c7c([2H])c([2H])c([2H])c([2H])c76)c([2H])cc54)c([2H])c3[2H])c2[2H])c1. The molecule has 1 unspecified atom stereocenters. The Morgan fingerprint density at radius 2 is 1.23 bits per heavy atom. The minimum Gasteiger partial charge on any atom is -0.456 e. The highest BCUT2D eigenvalue weighted by Crippen LogP contribution is 2.53. The average Bonchev–Trinajstić information content (AvgIpc) is 3.93. The van der Waals surface area contributed by atoms with Crippen LogP contribution in [0.5, 0.6) is 0 Å². The second-order valence-electron chi connectivity index (χ2n) is 11.9. The standard InChI is InChI=1S/C50H35NO/c1-50(46-21-10-8-19-42(46)43-20-9-11-22-47(43)50)38-25-29-44-45-33-41(28-30-48(45)52-49(44)32-38)51(39-26-23-36(24-27-39)34-13-4-2-5-14-34)40-18-12-17-37(31-40)35-15-6-3-7-16-35/h2-33H,1H3/i2D,4D,5D,6D,7D,8D,9D,10D,12D,13D,14D,15D,17D,18D,19D,20D,21D,22D,23D,24D,25D,26D,28D,30D,31D. The van der Waals surface area contributed by atoms with E-state index in [9.17, 15) is 11.0 Å². The van der Waals surface area contributed by atoms with Crippen LogP contribution in [0.4, 0.5) is 17.1 Å². The van der Waals surface area contributed by atoms with Crippen LogP contribution in [-0.2, 0) is 5.41 Å². The first kappa shape index (κ1) is 14.2. The summed E-state index contributed by atoms with van der Waals surface area (Å²) in [6, 6.07) is -8.67. The first-order valence-corrected chi connectivity index (χ1v) is 15.9. The summed E-state index contributed by atoms with van der Waals surface area (Å²) < 4.78 is 229. The minimum absolute atomic E-state index is 0.00762. The predicted molar refractivity (Wildman–Crippen MR) is 217 cm³/mol. The van der Waals surface area contributed by atoms with Gasteiger partial charge in [-0.1, -0.05) is 145 Å². The van der Waals surface area contributed by atoms with E-state index in [0.717, 1.165) is 29.2 Å². The van der Waals surface area contributed by atoms with Gasteiger partial charge in [0.05, 0.1) is 34.3 Å². The molecule has 0 spiro atoms. The zero-order valence-electron chi connectivity index (χ0n) is 51.9. The fraction of sp³-hybridized carbons (Fsp3) is 0.0400. The molecule has 1 aromatic heterocycles. The van der Waals surface area contributed by atoms with Crippen molar-refractivity contribution in [1.29, 1.82) is 0 Å². The second-order valence-corrected chi connectivity index (χ2v) is 11.9. The summed E-state index contributed by atoms with van der Waals surface area (Å²) in [5.41, 5.74) is -6.36. The number of hydrogen-bond donors (Lipinski definition) is 0. The lowest BCUT2D eigenvalue weighted by Crippen LogP contribution is -2.22. The van der Waals surface area contributed by atoms with Gasteiger partial charge in [-0.3, -0.25) is 0 Å². The number of rotatable bonds is 6. The maximum Gasteiger partial charge on any atom is 0.135 e. The number of benzene rings is 8. The number of hydrogen-bond acceptors (Lipinski definition) is 2. The first-order chi connectivity index (χ1) is 36.0. The molecule has 0 N–H and O–H groups in total. The van der Waals surface area contributed by atoms with Crippen molar-refractivity contribution < 1.29 is 38.7 Å². The second kappa shape index (κ2) is 12.0. The number of furan rings is 1. The van der Waals surface area contributed by atoms with Crippen molar-refractivity contribution in [2.75, 3.05) is 4.90 Å². The predicted octanol–water partition coefficient (Wildman–Crippen LogP) is 13.7. The number of fused-ring (bicyclic) bond motifs is 6. The van der Waals surface area contributed by atoms with Crippen molar-refractivity contribution in [1.82, 2.24) is 0 Å². The van der Waals surface area contributed by atoms with Gasteiger partial charge in [-0.2, -0.15) is 0 Å². The minimum atomic E-state index is -1.78. The molecule has 0 saturated carbocycles. The summed E-state index contributed by atoms with van der Waals surface area (Å²) in [7, 11) is 0. The third kappa shape index (κ3) is 4.80. The monoisotopic (exact) mass is 690 g/mol. The van der Waals surface area contributed by atoms with Crippen LogP contribution in [-0.4, -0.2) is 0 Å². The molecule has 1 aliphatic rings. The molecule has 0 fully saturated rings. The van der Waals surface area contributed by atoms with Crippen LogP contribution in [0, 0.1) is 0 Å². The summed E-state index contributed by atoms with van der Waals surface area (Å²) >= 11 is 0. The number of nitrogens with zero attached hydrogens (tertiary/aromatic N) is 1. The Kier molecular flexibility index (Phi) is 3.27. The Morgan fingerprint density at radius 1 is 0.481 bits per heavy atom. The Hall–Kier alpha value is -6.64. The lowest BCUT2D eigenvalue weighted by Gasteiger charge is -2.28. The third-order valence-corrected chi connectivity index (χ3v) is 9.05. The van der Waals surface area contributed by atoms with E-state index in [1.807, 2.05) is 0 Å². The molecule has 246 valence electrons. The third-order valence-electron chi connectivity index (χ3n) is 9.05. The van der Waals surface area contributed by atoms with Crippen LogP contribution >= 0.6 is 0 Å². The largest absolute Gasteiger partial charge is 0.456 e. The van der Waals surface area contributed by atoms with Gasteiger partial charge in [0.2, 0.25) is 0 Å². The maximum atomic E-state index is 9.68. The van der Waals surface area contributed by atoms with E-state index >= 15 is 0 Å². The lowest BCUT2D eigenvalue weighted by molar-refractivity contribution is 0.662. The normalized spacial score (nSPS) is 21.4. The van der Waals surface area contributed by atoms with E-state index < -0.39 is 166 Å². The number of anilines is 3. The highest BCUT2D eigenvalue weighted by molar-refractivity contribution is 6.07. The lowest BCUT2D eigenvalue weighted by atomic mass is 9.74. The van der Waals surface area contributed by atoms with Crippen LogP contribution < -0.4 is 4.90 Å². The van der Waals surface area contributed by atoms with Crippen LogP contribution in [0.25, 0.3) is 55.3 Å². The summed E-state index contributed by atoms with van der Waals surface area (Å²) in [5, 5.41) is 0.0258. The van der Waals surface area contributed by atoms with Gasteiger partial charge < -0.3 is 9.32 Å². The van der Waals surface area contributed by atoms with Crippen molar-refractivity contribution in [3.8, 4) is 33.4 Å². The van der Waals surface area contributed by atoms with Crippen molar-refractivity contribution >= 4 is 39.0 Å². The van der Waals surface area contributed by atoms with Gasteiger partial charge in [0.1, 0.15) is 11.2 Å². The molecule has 10 rings (SSSR count). The van der Waals surface area contributed by atoms with E-state index in [-0.39, 0.29) is 79.5 Å². The van der Waals surface area contributed by atoms with Crippen molar-refractivity contribution in [3.05, 3.63) is 210 Å². The molecule has 8 aromatic carbocycles. The van der Waals surface area contributed by atoms with Gasteiger partial charge in [0.15, 0.2) is 0 Å². The molecule has 9 aromatic rings. The van der Waals surface area contributed by atoms with E-state index in [0.29, 0.717) is 0 Å². The van der Waals surface area contributed by atoms with Gasteiger partial charge in [-0.15, -0.1) is 0 Å². The Labute approximate surface area is 339 Å². The van der Waals surface area contributed by atoms with E-state index in [4.69, 9.17) is 27.7 Å². The van der Waals surface area contributed by atoms with E-state index in [2.05, 4.69) is 0 Å². The van der Waals surface area contributed by atoms with E-state index in [1.165, 1.54) is 25.1 Å². The Morgan fingerprint density at radius 3 is 2.15 bits per heavy atom. The summed E-state index contributed by atoms with van der Waals surface area (Å²) in [6.45, 7) is 1.51. The van der Waals surface area contributed by atoms with Crippen LogP contribution in [0.1, 0.15) is 57.9 Å². The zero-order chi connectivity index (χ0) is 56.4. The van der Waals surface area contributed by atoms with Crippen LogP contribution in [0.15, 0.2) is 198 Å². The topological polar surface area (TPSA) is 16.4 Å². The first-order valence-electron chi connectivity index (χ1n) is 28.4. The fourth-order valence-electron chi connectivity index (χ4n) is 6.57. The van der Waals surface area contributed by atoms with Gasteiger partial charge in [0, 0.05) is 33.2 Å². The van der Waals surface area contributed by atoms with Gasteiger partial charge >= 0.3 is 0 Å². The van der Waals surface area contributed by atoms with Crippen LogP contribution in [0.2, 0.25) is 0 Å². The molecule has 1 heterocycles. The molecular formula is C50H35NO. The van der Waals surface area contributed by atoms with Crippen LogP contribution in [0.3, 0.4) is 0 Å². The molecule has 0 radical (unpaired) electrons. The average molecular weight is 691 g/mol. The zero-order valence-corrected chi connectivity index (χ0v) is 26.9. The molecule has 2 nitrogen and oxygen atoms in total. The molecule has 0 amide bonds.